The highest BCUT2D eigenvalue weighted by Crippen LogP contribution is 2.43. The average Bonchev–Trinajstić information content (AvgIpc) is 3.29. The zero-order valence-corrected chi connectivity index (χ0v) is 18.7. The molecule has 2 aliphatic heterocycles. The predicted molar refractivity (Wildman–Crippen MR) is 125 cm³/mol. The van der Waals surface area contributed by atoms with Crippen LogP contribution in [0, 0.1) is 13.8 Å². The first-order chi connectivity index (χ1) is 15.8. The summed E-state index contributed by atoms with van der Waals surface area (Å²) in [5.74, 6) is -0.787. The molecule has 0 bridgehead atoms. The first-order valence-corrected chi connectivity index (χ1v) is 10.9. The monoisotopic (exact) mass is 440 g/mol. The molecule has 0 spiro atoms. The molecule has 0 saturated carbocycles. The van der Waals surface area contributed by atoms with E-state index in [1.54, 1.807) is 36.7 Å². The van der Waals surface area contributed by atoms with Crippen molar-refractivity contribution in [3.8, 4) is 5.75 Å². The van der Waals surface area contributed by atoms with E-state index in [9.17, 15) is 14.7 Å². The van der Waals surface area contributed by atoms with Crippen LogP contribution in [-0.4, -0.2) is 27.9 Å². The average molecular weight is 440 g/mol. The molecule has 5 rings (SSSR count). The van der Waals surface area contributed by atoms with E-state index in [0.717, 1.165) is 28.9 Å². The minimum absolute atomic E-state index is 0.0596. The van der Waals surface area contributed by atoms with Gasteiger partial charge in [-0.2, -0.15) is 0 Å². The van der Waals surface area contributed by atoms with Crippen LogP contribution in [-0.2, 0) is 16.0 Å². The number of hydrogen-bond donors (Lipinski definition) is 1. The number of aliphatic hydroxyl groups is 1. The maximum absolute atomic E-state index is 13.3. The maximum atomic E-state index is 13.3. The molecular formula is C27H24N2O4. The van der Waals surface area contributed by atoms with Crippen LogP contribution < -0.4 is 9.64 Å². The van der Waals surface area contributed by atoms with Crippen molar-refractivity contribution in [2.24, 2.45) is 0 Å². The van der Waals surface area contributed by atoms with Crippen LogP contribution in [0.4, 0.5) is 5.69 Å². The number of carbonyl (C=O) groups excluding carboxylic acids is 2. The number of benzene rings is 2. The topological polar surface area (TPSA) is 79.7 Å². The van der Waals surface area contributed by atoms with Gasteiger partial charge in [-0.05, 0) is 85.5 Å². The molecule has 0 aliphatic carbocycles. The second-order valence-electron chi connectivity index (χ2n) is 8.75. The Morgan fingerprint density at radius 1 is 1.03 bits per heavy atom. The molecular weight excluding hydrogens is 416 g/mol. The standard InChI is InChI=1S/C27H24N2O4/c1-15-10-16(2)12-21(11-15)29-24(18-6-8-28-9-7-18)23(26(31)27(29)32)25(30)19-4-5-22-20(14-19)13-17(3)33-22/h4-12,14,17,24,30H,13H2,1-3H3/b25-23-. The van der Waals surface area contributed by atoms with Crippen molar-refractivity contribution in [3.63, 3.8) is 0 Å². The number of ketones is 1. The molecule has 1 aromatic heterocycles. The molecule has 1 amide bonds. The number of hydrogen-bond acceptors (Lipinski definition) is 5. The van der Waals surface area contributed by atoms with E-state index in [-0.39, 0.29) is 17.4 Å². The van der Waals surface area contributed by atoms with Gasteiger partial charge in [0.1, 0.15) is 17.6 Å². The van der Waals surface area contributed by atoms with Crippen molar-refractivity contribution in [2.75, 3.05) is 4.90 Å². The highest BCUT2D eigenvalue weighted by molar-refractivity contribution is 6.51. The fraction of sp³-hybridized carbons (Fsp3) is 0.222. The van der Waals surface area contributed by atoms with Gasteiger partial charge in [-0.15, -0.1) is 0 Å². The summed E-state index contributed by atoms with van der Waals surface area (Å²) in [5.41, 5.74) is 4.80. The van der Waals surface area contributed by atoms with Crippen LogP contribution >= 0.6 is 0 Å². The molecule has 2 aromatic carbocycles. The molecule has 2 atom stereocenters. The van der Waals surface area contributed by atoms with Gasteiger partial charge in [0.2, 0.25) is 0 Å². The van der Waals surface area contributed by atoms with Crippen molar-refractivity contribution >= 4 is 23.1 Å². The molecule has 2 aliphatic rings. The third-order valence-electron chi connectivity index (χ3n) is 6.12. The molecule has 1 saturated heterocycles. The predicted octanol–water partition coefficient (Wildman–Crippen LogP) is 4.65. The maximum Gasteiger partial charge on any atom is 0.300 e. The van der Waals surface area contributed by atoms with Gasteiger partial charge in [0, 0.05) is 30.1 Å². The Labute approximate surface area is 192 Å². The Bertz CT molecular complexity index is 1290. The Kier molecular flexibility index (Phi) is 5.01. The van der Waals surface area contributed by atoms with Gasteiger partial charge in [-0.25, -0.2) is 0 Å². The van der Waals surface area contributed by atoms with Crippen LogP contribution in [0.25, 0.3) is 5.76 Å². The number of rotatable bonds is 3. The molecule has 1 N–H and O–H groups in total. The lowest BCUT2D eigenvalue weighted by molar-refractivity contribution is -0.132. The Balaban J connectivity index is 1.70. The summed E-state index contributed by atoms with van der Waals surface area (Å²) >= 11 is 0. The summed E-state index contributed by atoms with van der Waals surface area (Å²) in [6, 6.07) is 13.9. The number of amides is 1. The number of aliphatic hydroxyl groups excluding tert-OH is 1. The number of Topliss-reactive ketones (excluding diaryl/α,β-unsaturated/α-hetero) is 1. The van der Waals surface area contributed by atoms with E-state index < -0.39 is 17.7 Å². The summed E-state index contributed by atoms with van der Waals surface area (Å²) in [7, 11) is 0. The third-order valence-corrected chi connectivity index (χ3v) is 6.12. The summed E-state index contributed by atoms with van der Waals surface area (Å²) in [6.07, 6.45) is 4.02. The SMILES string of the molecule is Cc1cc(C)cc(N2C(=O)C(=O)/C(=C(\O)c3ccc4c(c3)CC(C)O4)C2c2ccncc2)c1. The first kappa shape index (κ1) is 20.9. The lowest BCUT2D eigenvalue weighted by Crippen LogP contribution is -2.29. The van der Waals surface area contributed by atoms with E-state index in [1.807, 2.05) is 45.0 Å². The van der Waals surface area contributed by atoms with E-state index in [1.165, 1.54) is 4.90 Å². The molecule has 1 fully saturated rings. The molecule has 33 heavy (non-hydrogen) atoms. The van der Waals surface area contributed by atoms with E-state index in [2.05, 4.69) is 4.98 Å². The van der Waals surface area contributed by atoms with E-state index in [4.69, 9.17) is 4.74 Å². The van der Waals surface area contributed by atoms with Crippen molar-refractivity contribution in [1.29, 1.82) is 0 Å². The Hall–Kier alpha value is -3.93. The summed E-state index contributed by atoms with van der Waals surface area (Å²) in [5, 5.41) is 11.3. The van der Waals surface area contributed by atoms with Crippen molar-refractivity contribution in [3.05, 3.63) is 94.3 Å². The quantitative estimate of drug-likeness (QED) is 0.364. The van der Waals surface area contributed by atoms with Crippen LogP contribution in [0.15, 0.2) is 66.5 Å². The van der Waals surface area contributed by atoms with Crippen LogP contribution in [0.5, 0.6) is 5.75 Å². The fourth-order valence-corrected chi connectivity index (χ4v) is 4.77. The van der Waals surface area contributed by atoms with Gasteiger partial charge in [0.05, 0.1) is 11.6 Å². The Morgan fingerprint density at radius 2 is 1.73 bits per heavy atom. The van der Waals surface area contributed by atoms with Gasteiger partial charge in [0.15, 0.2) is 0 Å². The molecule has 3 aromatic rings. The second-order valence-corrected chi connectivity index (χ2v) is 8.75. The molecule has 3 heterocycles. The smallest absolute Gasteiger partial charge is 0.300 e. The Morgan fingerprint density at radius 3 is 2.42 bits per heavy atom. The molecule has 2 unspecified atom stereocenters. The van der Waals surface area contributed by atoms with Gasteiger partial charge in [-0.3, -0.25) is 19.5 Å². The van der Waals surface area contributed by atoms with Crippen molar-refractivity contribution in [1.82, 2.24) is 4.98 Å². The summed E-state index contributed by atoms with van der Waals surface area (Å²) in [4.78, 5) is 32.1. The molecule has 6 heteroatoms. The number of aryl methyl sites for hydroxylation is 2. The number of fused-ring (bicyclic) bond motifs is 1. The minimum atomic E-state index is -0.766. The van der Waals surface area contributed by atoms with Gasteiger partial charge < -0.3 is 9.84 Å². The zero-order chi connectivity index (χ0) is 23.3. The normalized spacial score (nSPS) is 21.2. The molecule has 166 valence electrons. The number of ether oxygens (including phenoxy) is 1. The van der Waals surface area contributed by atoms with Gasteiger partial charge in [-0.1, -0.05) is 6.07 Å². The second kappa shape index (κ2) is 7.89. The number of aromatic nitrogens is 1. The van der Waals surface area contributed by atoms with Gasteiger partial charge in [0.25, 0.3) is 11.7 Å². The number of anilines is 1. The highest BCUT2D eigenvalue weighted by Gasteiger charge is 2.47. The van der Waals surface area contributed by atoms with E-state index in [0.29, 0.717) is 16.8 Å². The number of nitrogens with zero attached hydrogens (tertiary/aromatic N) is 2. The van der Waals surface area contributed by atoms with Crippen molar-refractivity contribution < 1.29 is 19.4 Å². The van der Waals surface area contributed by atoms with Crippen LogP contribution in [0.2, 0.25) is 0 Å². The largest absolute Gasteiger partial charge is 0.507 e. The lowest BCUT2D eigenvalue weighted by atomic mass is 9.94. The molecule has 0 radical (unpaired) electrons. The van der Waals surface area contributed by atoms with Crippen LogP contribution in [0.1, 0.15) is 40.8 Å². The van der Waals surface area contributed by atoms with Crippen LogP contribution in [0.3, 0.4) is 0 Å². The fourth-order valence-electron chi connectivity index (χ4n) is 4.77. The number of pyridine rings is 1. The van der Waals surface area contributed by atoms with Crippen molar-refractivity contribution in [2.45, 2.75) is 39.3 Å². The summed E-state index contributed by atoms with van der Waals surface area (Å²) in [6.45, 7) is 5.88. The lowest BCUT2D eigenvalue weighted by Gasteiger charge is -2.26. The number of carbonyl (C=O) groups is 2. The first-order valence-electron chi connectivity index (χ1n) is 10.9. The summed E-state index contributed by atoms with van der Waals surface area (Å²) < 4.78 is 5.76. The molecule has 6 nitrogen and oxygen atoms in total. The highest BCUT2D eigenvalue weighted by atomic mass is 16.5. The minimum Gasteiger partial charge on any atom is -0.507 e. The zero-order valence-electron chi connectivity index (χ0n) is 18.7. The van der Waals surface area contributed by atoms with Gasteiger partial charge >= 0.3 is 0 Å². The third kappa shape index (κ3) is 3.57. The van der Waals surface area contributed by atoms with E-state index >= 15 is 0 Å².